The van der Waals surface area contributed by atoms with E-state index in [2.05, 4.69) is 19.9 Å². The van der Waals surface area contributed by atoms with Crippen molar-refractivity contribution in [2.75, 3.05) is 0 Å². The highest BCUT2D eigenvalue weighted by atomic mass is 14.2. The highest BCUT2D eigenvalue weighted by Gasteiger charge is 2.10. The average Bonchev–Trinajstić information content (AvgIpc) is 1.95. The summed E-state index contributed by atoms with van der Waals surface area (Å²) in [5.41, 5.74) is 1.58. The van der Waals surface area contributed by atoms with E-state index in [1.54, 1.807) is 5.57 Å². The van der Waals surface area contributed by atoms with Crippen molar-refractivity contribution in [1.82, 2.24) is 0 Å². The maximum atomic E-state index is 3.88. The first-order valence-electron chi connectivity index (χ1n) is 4.28. The zero-order valence-electron chi connectivity index (χ0n) is 6.90. The minimum absolute atomic E-state index is 0.946. The Morgan fingerprint density at radius 1 is 1.70 bits per heavy atom. The molecule has 1 rings (SSSR count). The molecule has 57 valence electrons. The lowest BCUT2D eigenvalue weighted by molar-refractivity contribution is 0.440. The molecule has 0 saturated heterocycles. The van der Waals surface area contributed by atoms with Gasteiger partial charge < -0.3 is 0 Å². The standard InChI is InChI=1S/C10H17/c1-3-4-10-7-5-9(2)6-8-10/h5,10H,1,3-4,6-8H2,2H3. The lowest BCUT2D eigenvalue weighted by Gasteiger charge is -2.19. The van der Waals surface area contributed by atoms with Crippen molar-refractivity contribution in [3.05, 3.63) is 18.6 Å². The van der Waals surface area contributed by atoms with Gasteiger partial charge in [-0.05, 0) is 32.1 Å². The van der Waals surface area contributed by atoms with Gasteiger partial charge in [-0.25, -0.2) is 0 Å². The third-order valence-corrected chi connectivity index (χ3v) is 2.36. The Morgan fingerprint density at radius 2 is 2.50 bits per heavy atom. The van der Waals surface area contributed by atoms with E-state index in [1.807, 2.05) is 0 Å². The van der Waals surface area contributed by atoms with Crippen molar-refractivity contribution in [3.63, 3.8) is 0 Å². The molecule has 1 unspecified atom stereocenters. The van der Waals surface area contributed by atoms with E-state index in [1.165, 1.54) is 25.7 Å². The van der Waals surface area contributed by atoms with E-state index in [0.717, 1.165) is 12.3 Å². The number of hydrogen-bond donors (Lipinski definition) is 0. The Kier molecular flexibility index (Phi) is 2.98. The van der Waals surface area contributed by atoms with Crippen LogP contribution in [0.4, 0.5) is 0 Å². The van der Waals surface area contributed by atoms with Crippen LogP contribution in [-0.2, 0) is 0 Å². The highest BCUT2D eigenvalue weighted by molar-refractivity contribution is 5.02. The van der Waals surface area contributed by atoms with Crippen LogP contribution >= 0.6 is 0 Å². The number of allylic oxidation sites excluding steroid dienone is 2. The Hall–Kier alpha value is -0.260. The van der Waals surface area contributed by atoms with Crippen molar-refractivity contribution in [3.8, 4) is 0 Å². The second-order valence-corrected chi connectivity index (χ2v) is 3.33. The van der Waals surface area contributed by atoms with Crippen LogP contribution in [0.1, 0.15) is 39.0 Å². The van der Waals surface area contributed by atoms with Crippen molar-refractivity contribution in [2.24, 2.45) is 5.92 Å². The fourth-order valence-electron chi connectivity index (χ4n) is 1.57. The Morgan fingerprint density at radius 3 is 3.00 bits per heavy atom. The van der Waals surface area contributed by atoms with Gasteiger partial charge in [0, 0.05) is 0 Å². The SMILES string of the molecule is [CH2]CCC1CC=C(C)CC1. The Labute approximate surface area is 64.3 Å². The van der Waals surface area contributed by atoms with Gasteiger partial charge in [-0.1, -0.05) is 31.4 Å². The molecule has 0 aromatic carbocycles. The molecule has 0 bridgehead atoms. The first-order valence-corrected chi connectivity index (χ1v) is 4.28. The molecule has 0 saturated carbocycles. The molecule has 1 atom stereocenters. The molecule has 1 aliphatic carbocycles. The number of hydrogen-bond acceptors (Lipinski definition) is 0. The van der Waals surface area contributed by atoms with Crippen molar-refractivity contribution in [1.29, 1.82) is 0 Å². The molecule has 0 amide bonds. The molecule has 1 aliphatic rings. The molecule has 1 radical (unpaired) electrons. The predicted molar refractivity (Wildman–Crippen MR) is 45.7 cm³/mol. The van der Waals surface area contributed by atoms with E-state index in [4.69, 9.17) is 0 Å². The molecule has 10 heavy (non-hydrogen) atoms. The minimum Gasteiger partial charge on any atom is -0.0853 e. The molecule has 0 heterocycles. The Balaban J connectivity index is 2.27. The molecule has 0 aliphatic heterocycles. The van der Waals surface area contributed by atoms with Crippen molar-refractivity contribution >= 4 is 0 Å². The van der Waals surface area contributed by atoms with E-state index < -0.39 is 0 Å². The Bertz CT molecular complexity index is 122. The topological polar surface area (TPSA) is 0 Å². The molecule has 0 spiro atoms. The van der Waals surface area contributed by atoms with Gasteiger partial charge in [-0.3, -0.25) is 0 Å². The summed E-state index contributed by atoms with van der Waals surface area (Å²) in [5, 5.41) is 0. The third-order valence-electron chi connectivity index (χ3n) is 2.36. The first kappa shape index (κ1) is 7.84. The fourth-order valence-corrected chi connectivity index (χ4v) is 1.57. The summed E-state index contributed by atoms with van der Waals surface area (Å²) in [4.78, 5) is 0. The van der Waals surface area contributed by atoms with Gasteiger partial charge in [0.1, 0.15) is 0 Å². The lowest BCUT2D eigenvalue weighted by Crippen LogP contribution is -2.03. The van der Waals surface area contributed by atoms with Gasteiger partial charge >= 0.3 is 0 Å². The normalized spacial score (nSPS) is 26.2. The smallest absolute Gasteiger partial charge is 0.0320 e. The summed E-state index contributed by atoms with van der Waals surface area (Å²) < 4.78 is 0. The summed E-state index contributed by atoms with van der Waals surface area (Å²) in [6, 6.07) is 0. The maximum Gasteiger partial charge on any atom is -0.0320 e. The summed E-state index contributed by atoms with van der Waals surface area (Å²) in [6.45, 7) is 6.11. The van der Waals surface area contributed by atoms with Gasteiger partial charge in [0.05, 0.1) is 0 Å². The molecule has 0 aromatic heterocycles. The van der Waals surface area contributed by atoms with Crippen LogP contribution in [0.2, 0.25) is 0 Å². The average molecular weight is 137 g/mol. The quantitative estimate of drug-likeness (QED) is 0.512. The van der Waals surface area contributed by atoms with Crippen LogP contribution in [-0.4, -0.2) is 0 Å². The summed E-state index contributed by atoms with van der Waals surface area (Å²) in [7, 11) is 0. The van der Waals surface area contributed by atoms with Gasteiger partial charge in [0.25, 0.3) is 0 Å². The molecule has 0 heteroatoms. The van der Waals surface area contributed by atoms with Crippen LogP contribution in [0.3, 0.4) is 0 Å². The van der Waals surface area contributed by atoms with Gasteiger partial charge in [-0.15, -0.1) is 0 Å². The van der Waals surface area contributed by atoms with Gasteiger partial charge in [0.2, 0.25) is 0 Å². The zero-order chi connectivity index (χ0) is 7.40. The third kappa shape index (κ3) is 2.17. The van der Waals surface area contributed by atoms with E-state index in [9.17, 15) is 0 Å². The van der Waals surface area contributed by atoms with E-state index >= 15 is 0 Å². The van der Waals surface area contributed by atoms with Crippen LogP contribution in [0.15, 0.2) is 11.6 Å². The predicted octanol–water partition coefficient (Wildman–Crippen LogP) is 3.35. The summed E-state index contributed by atoms with van der Waals surface area (Å²) in [5.74, 6) is 0.946. The van der Waals surface area contributed by atoms with E-state index in [0.29, 0.717) is 0 Å². The summed E-state index contributed by atoms with van der Waals surface area (Å²) >= 11 is 0. The van der Waals surface area contributed by atoms with Crippen LogP contribution in [0, 0.1) is 12.8 Å². The molecule has 0 N–H and O–H groups in total. The summed E-state index contributed by atoms with van der Waals surface area (Å²) in [6.07, 6.45) is 8.86. The zero-order valence-corrected chi connectivity index (χ0v) is 6.90. The van der Waals surface area contributed by atoms with Crippen molar-refractivity contribution in [2.45, 2.75) is 39.0 Å². The van der Waals surface area contributed by atoms with Gasteiger partial charge in [0.15, 0.2) is 0 Å². The molecule has 0 aromatic rings. The number of rotatable bonds is 2. The van der Waals surface area contributed by atoms with E-state index in [-0.39, 0.29) is 0 Å². The van der Waals surface area contributed by atoms with Crippen molar-refractivity contribution < 1.29 is 0 Å². The largest absolute Gasteiger partial charge is 0.0853 e. The maximum absolute atomic E-state index is 3.88. The van der Waals surface area contributed by atoms with Crippen LogP contribution in [0.25, 0.3) is 0 Å². The minimum atomic E-state index is 0.946. The molecular weight excluding hydrogens is 120 g/mol. The first-order chi connectivity index (χ1) is 4.83. The van der Waals surface area contributed by atoms with Crippen LogP contribution in [0.5, 0.6) is 0 Å². The molecular formula is C10H17. The van der Waals surface area contributed by atoms with Crippen LogP contribution < -0.4 is 0 Å². The second kappa shape index (κ2) is 3.80. The second-order valence-electron chi connectivity index (χ2n) is 3.33. The highest BCUT2D eigenvalue weighted by Crippen LogP contribution is 2.26. The molecule has 0 fully saturated rings. The molecule has 0 nitrogen and oxygen atoms in total. The monoisotopic (exact) mass is 137 g/mol. The fraction of sp³-hybridized carbons (Fsp3) is 0.700. The van der Waals surface area contributed by atoms with Gasteiger partial charge in [-0.2, -0.15) is 0 Å². The lowest BCUT2D eigenvalue weighted by atomic mass is 9.87.